The van der Waals surface area contributed by atoms with E-state index in [-0.39, 0.29) is 5.91 Å². The Balaban J connectivity index is 1.47. The Kier molecular flexibility index (Phi) is 5.83. The summed E-state index contributed by atoms with van der Waals surface area (Å²) in [5, 5.41) is 6.21. The largest absolute Gasteiger partial charge is 0.497 e. The van der Waals surface area contributed by atoms with Crippen molar-refractivity contribution in [2.24, 2.45) is 0 Å². The number of hydrogen-bond donors (Lipinski definition) is 1. The minimum Gasteiger partial charge on any atom is -0.497 e. The zero-order valence-corrected chi connectivity index (χ0v) is 18.0. The predicted molar refractivity (Wildman–Crippen MR) is 119 cm³/mol. The van der Waals surface area contributed by atoms with Gasteiger partial charge < -0.3 is 15.0 Å². The van der Waals surface area contributed by atoms with E-state index in [2.05, 4.69) is 40.4 Å². The van der Waals surface area contributed by atoms with Crippen LogP contribution in [-0.2, 0) is 0 Å². The van der Waals surface area contributed by atoms with Crippen LogP contribution in [0, 0.1) is 6.92 Å². The molecule has 0 radical (unpaired) electrons. The molecule has 3 aromatic rings. The lowest BCUT2D eigenvalue weighted by Gasteiger charge is -2.19. The Hall–Kier alpha value is -2.44. The normalized spacial score (nSPS) is 17.0. The number of carbonyl (C=O) groups is 1. The van der Waals surface area contributed by atoms with Crippen LogP contribution in [0.5, 0.6) is 5.75 Å². The average molecular weight is 410 g/mol. The van der Waals surface area contributed by atoms with Gasteiger partial charge in [0.15, 0.2) is 0 Å². The van der Waals surface area contributed by atoms with Gasteiger partial charge in [-0.2, -0.15) is 0 Å². The predicted octanol–water partition coefficient (Wildman–Crippen LogP) is 4.49. The summed E-state index contributed by atoms with van der Waals surface area (Å²) < 4.78 is 5.30. The number of methoxy groups -OCH3 is 1. The smallest absolute Gasteiger partial charge is 0.263 e. The van der Waals surface area contributed by atoms with E-state index >= 15 is 0 Å². The standard InChI is InChI=1S/C23H27N3O2S/c1-15-21(22(27)24-11-10-19-5-4-12-26(19)2)29-23(25-15)18-7-6-17-14-20(28-3)9-8-16(17)13-18/h6-9,13-14,19H,4-5,10-12H2,1-3H3,(H,24,27). The summed E-state index contributed by atoms with van der Waals surface area (Å²) in [6, 6.07) is 12.9. The van der Waals surface area contributed by atoms with Gasteiger partial charge in [0.05, 0.1) is 12.8 Å². The molecule has 2 aromatic carbocycles. The second kappa shape index (κ2) is 8.51. The van der Waals surface area contributed by atoms with Crippen molar-refractivity contribution in [1.82, 2.24) is 15.2 Å². The first-order valence-corrected chi connectivity index (χ1v) is 10.9. The van der Waals surface area contributed by atoms with Crippen molar-refractivity contribution in [3.63, 3.8) is 0 Å². The van der Waals surface area contributed by atoms with E-state index in [0.29, 0.717) is 17.5 Å². The molecular formula is C23H27N3O2S. The molecule has 1 N–H and O–H groups in total. The van der Waals surface area contributed by atoms with Crippen molar-refractivity contribution in [1.29, 1.82) is 0 Å². The Bertz CT molecular complexity index is 1030. The Labute approximate surface area is 175 Å². The summed E-state index contributed by atoms with van der Waals surface area (Å²) in [6.45, 7) is 3.78. The number of rotatable bonds is 6. The number of aryl methyl sites for hydroxylation is 1. The molecular weight excluding hydrogens is 382 g/mol. The van der Waals surface area contributed by atoms with Crippen LogP contribution in [-0.4, -0.2) is 49.1 Å². The number of likely N-dealkylation sites (tertiary alicyclic amines) is 1. The van der Waals surface area contributed by atoms with Gasteiger partial charge in [-0.05, 0) is 68.8 Å². The maximum Gasteiger partial charge on any atom is 0.263 e. The van der Waals surface area contributed by atoms with Crippen LogP contribution in [0.25, 0.3) is 21.3 Å². The summed E-state index contributed by atoms with van der Waals surface area (Å²) in [6.07, 6.45) is 3.48. The SMILES string of the molecule is COc1ccc2cc(-c3nc(C)c(C(=O)NCCC4CCCN4C)s3)ccc2c1. The van der Waals surface area contributed by atoms with Gasteiger partial charge in [0.25, 0.3) is 5.91 Å². The number of amides is 1. The number of hydrogen-bond acceptors (Lipinski definition) is 5. The molecule has 1 amide bonds. The molecule has 1 saturated heterocycles. The average Bonchev–Trinajstić information content (AvgIpc) is 3.32. The Morgan fingerprint density at radius 1 is 1.28 bits per heavy atom. The summed E-state index contributed by atoms with van der Waals surface area (Å²) in [7, 11) is 3.84. The molecule has 4 rings (SSSR count). The first kappa shape index (κ1) is 19.9. The molecule has 0 bridgehead atoms. The lowest BCUT2D eigenvalue weighted by molar-refractivity contribution is 0.0953. The van der Waals surface area contributed by atoms with Crippen molar-refractivity contribution >= 4 is 28.0 Å². The zero-order valence-electron chi connectivity index (χ0n) is 17.2. The Morgan fingerprint density at radius 2 is 2.07 bits per heavy atom. The highest BCUT2D eigenvalue weighted by atomic mass is 32.1. The number of carbonyl (C=O) groups excluding carboxylic acids is 1. The lowest BCUT2D eigenvalue weighted by atomic mass is 10.1. The Morgan fingerprint density at radius 3 is 2.83 bits per heavy atom. The van der Waals surface area contributed by atoms with E-state index < -0.39 is 0 Å². The highest BCUT2D eigenvalue weighted by Crippen LogP contribution is 2.31. The molecule has 1 aromatic heterocycles. The number of aromatic nitrogens is 1. The minimum atomic E-state index is -0.0163. The van der Waals surface area contributed by atoms with Crippen molar-refractivity contribution in [2.45, 2.75) is 32.2 Å². The number of ether oxygens (including phenoxy) is 1. The van der Waals surface area contributed by atoms with Gasteiger partial charge in [-0.25, -0.2) is 4.98 Å². The molecule has 29 heavy (non-hydrogen) atoms. The van der Waals surface area contributed by atoms with E-state index in [0.717, 1.165) is 45.8 Å². The van der Waals surface area contributed by atoms with Crippen molar-refractivity contribution in [2.75, 3.05) is 27.2 Å². The number of benzene rings is 2. The highest BCUT2D eigenvalue weighted by Gasteiger charge is 2.21. The summed E-state index contributed by atoms with van der Waals surface area (Å²) in [5.74, 6) is 0.829. The van der Waals surface area contributed by atoms with E-state index in [1.54, 1.807) is 7.11 Å². The molecule has 0 saturated carbocycles. The van der Waals surface area contributed by atoms with E-state index in [1.807, 2.05) is 25.1 Å². The van der Waals surface area contributed by atoms with Gasteiger partial charge in [0.2, 0.25) is 0 Å². The molecule has 2 heterocycles. The van der Waals surface area contributed by atoms with Crippen molar-refractivity contribution in [3.05, 3.63) is 47.0 Å². The van der Waals surface area contributed by atoms with Crippen LogP contribution in [0.15, 0.2) is 36.4 Å². The summed E-state index contributed by atoms with van der Waals surface area (Å²) >= 11 is 1.46. The monoisotopic (exact) mass is 409 g/mol. The molecule has 0 spiro atoms. The molecule has 1 unspecified atom stereocenters. The van der Waals surface area contributed by atoms with E-state index in [9.17, 15) is 4.79 Å². The van der Waals surface area contributed by atoms with Crippen LogP contribution in [0.4, 0.5) is 0 Å². The van der Waals surface area contributed by atoms with Gasteiger partial charge in [0, 0.05) is 18.2 Å². The number of nitrogens with zero attached hydrogens (tertiary/aromatic N) is 2. The fraction of sp³-hybridized carbons (Fsp3) is 0.391. The summed E-state index contributed by atoms with van der Waals surface area (Å²) in [5.41, 5.74) is 1.82. The fourth-order valence-corrected chi connectivity index (χ4v) is 4.97. The third-order valence-electron chi connectivity index (χ3n) is 5.73. The van der Waals surface area contributed by atoms with Crippen LogP contribution in [0.2, 0.25) is 0 Å². The number of fused-ring (bicyclic) bond motifs is 1. The van der Waals surface area contributed by atoms with Crippen LogP contribution in [0.3, 0.4) is 0 Å². The van der Waals surface area contributed by atoms with E-state index in [1.165, 1.54) is 24.2 Å². The molecule has 1 aliphatic rings. The van der Waals surface area contributed by atoms with Gasteiger partial charge in [0.1, 0.15) is 15.6 Å². The highest BCUT2D eigenvalue weighted by molar-refractivity contribution is 7.17. The first-order chi connectivity index (χ1) is 14.0. The fourth-order valence-electron chi connectivity index (χ4n) is 3.99. The molecule has 1 aliphatic heterocycles. The molecule has 5 nitrogen and oxygen atoms in total. The van der Waals surface area contributed by atoms with Crippen LogP contribution < -0.4 is 10.1 Å². The summed E-state index contributed by atoms with van der Waals surface area (Å²) in [4.78, 5) is 20.4. The van der Waals surface area contributed by atoms with Gasteiger partial charge >= 0.3 is 0 Å². The third-order valence-corrected chi connectivity index (χ3v) is 6.94. The first-order valence-electron chi connectivity index (χ1n) is 10.1. The van der Waals surface area contributed by atoms with Crippen LogP contribution in [0.1, 0.15) is 34.6 Å². The van der Waals surface area contributed by atoms with Crippen molar-refractivity contribution in [3.8, 4) is 16.3 Å². The minimum absolute atomic E-state index is 0.0163. The number of nitrogens with one attached hydrogen (secondary N) is 1. The quantitative estimate of drug-likeness (QED) is 0.652. The maximum atomic E-state index is 12.7. The molecule has 6 heteroatoms. The molecule has 152 valence electrons. The van der Waals surface area contributed by atoms with Crippen LogP contribution >= 0.6 is 11.3 Å². The molecule has 0 aliphatic carbocycles. The second-order valence-corrected chi connectivity index (χ2v) is 8.68. The number of thiazole rings is 1. The van der Waals surface area contributed by atoms with Gasteiger partial charge in [-0.1, -0.05) is 18.2 Å². The van der Waals surface area contributed by atoms with E-state index in [4.69, 9.17) is 4.74 Å². The molecule has 1 fully saturated rings. The topological polar surface area (TPSA) is 54.5 Å². The van der Waals surface area contributed by atoms with Gasteiger partial charge in [-0.3, -0.25) is 4.79 Å². The molecule has 1 atom stereocenters. The third kappa shape index (κ3) is 4.28. The second-order valence-electron chi connectivity index (χ2n) is 7.68. The lowest BCUT2D eigenvalue weighted by Crippen LogP contribution is -2.31. The van der Waals surface area contributed by atoms with Gasteiger partial charge in [-0.15, -0.1) is 11.3 Å². The van der Waals surface area contributed by atoms with Crippen molar-refractivity contribution < 1.29 is 9.53 Å². The zero-order chi connectivity index (χ0) is 20.4. The maximum absolute atomic E-state index is 12.7.